The Labute approximate surface area is 149 Å². The third kappa shape index (κ3) is 4.15. The van der Waals surface area contributed by atoms with Gasteiger partial charge in [-0.25, -0.2) is 4.68 Å². The van der Waals surface area contributed by atoms with E-state index in [1.165, 1.54) is 18.7 Å². The maximum atomic E-state index is 11.4. The summed E-state index contributed by atoms with van der Waals surface area (Å²) in [6.45, 7) is 2.06. The molecule has 24 heavy (non-hydrogen) atoms. The van der Waals surface area contributed by atoms with Crippen LogP contribution < -0.4 is 5.32 Å². The second-order valence-corrected chi connectivity index (χ2v) is 6.43. The van der Waals surface area contributed by atoms with Crippen LogP contribution in [0, 0.1) is 0 Å². The number of nitrogens with zero attached hydrogens (tertiary/aromatic N) is 3. The number of hydrogen-bond donors (Lipinski definition) is 1. The summed E-state index contributed by atoms with van der Waals surface area (Å²) in [6.07, 6.45) is 0. The van der Waals surface area contributed by atoms with Gasteiger partial charge in [0.25, 0.3) is 0 Å². The van der Waals surface area contributed by atoms with Crippen molar-refractivity contribution in [3.05, 3.63) is 65.4 Å². The zero-order chi connectivity index (χ0) is 16.9. The smallest absolute Gasteiger partial charge is 0.243 e. The van der Waals surface area contributed by atoms with E-state index >= 15 is 0 Å². The highest BCUT2D eigenvalue weighted by molar-refractivity contribution is 7.99. The first-order valence-corrected chi connectivity index (χ1v) is 8.50. The van der Waals surface area contributed by atoms with Gasteiger partial charge in [-0.05, 0) is 41.1 Å². The minimum atomic E-state index is -0.119. The molecule has 0 bridgehead atoms. The van der Waals surface area contributed by atoms with Crippen molar-refractivity contribution in [3.8, 4) is 0 Å². The van der Waals surface area contributed by atoms with E-state index in [1.807, 2.05) is 54.6 Å². The van der Waals surface area contributed by atoms with Gasteiger partial charge in [0.15, 0.2) is 5.16 Å². The van der Waals surface area contributed by atoms with Crippen LogP contribution in [0.1, 0.15) is 12.5 Å². The third-order valence-corrected chi connectivity index (χ3v) is 4.41. The maximum Gasteiger partial charge on any atom is 0.243 e. The van der Waals surface area contributed by atoms with Crippen molar-refractivity contribution in [2.45, 2.75) is 23.5 Å². The normalized spacial score (nSPS) is 10.6. The van der Waals surface area contributed by atoms with Crippen LogP contribution in [-0.2, 0) is 11.3 Å². The van der Waals surface area contributed by atoms with Crippen LogP contribution >= 0.6 is 23.4 Å². The second-order valence-electron chi connectivity index (χ2n) is 5.09. The fourth-order valence-electron chi connectivity index (χ4n) is 2.18. The number of aromatic nitrogens is 3. The second kappa shape index (κ2) is 7.51. The van der Waals surface area contributed by atoms with E-state index in [1.54, 1.807) is 4.68 Å². The average Bonchev–Trinajstić information content (AvgIpc) is 2.89. The molecule has 0 radical (unpaired) electrons. The van der Waals surface area contributed by atoms with Gasteiger partial charge < -0.3 is 5.32 Å². The lowest BCUT2D eigenvalue weighted by atomic mass is 10.2. The Kier molecular flexibility index (Phi) is 5.17. The van der Waals surface area contributed by atoms with Crippen LogP contribution in [-0.4, -0.2) is 20.7 Å². The molecule has 0 spiro atoms. The lowest BCUT2D eigenvalue weighted by molar-refractivity contribution is -0.114. The Morgan fingerprint density at radius 2 is 1.88 bits per heavy atom. The molecule has 1 heterocycles. The van der Waals surface area contributed by atoms with Crippen molar-refractivity contribution in [1.29, 1.82) is 0 Å². The molecule has 0 unspecified atom stereocenters. The van der Waals surface area contributed by atoms with Gasteiger partial charge >= 0.3 is 0 Å². The zero-order valence-electron chi connectivity index (χ0n) is 12.9. The molecule has 1 aromatic heterocycles. The Morgan fingerprint density at radius 3 is 2.62 bits per heavy atom. The van der Waals surface area contributed by atoms with Crippen LogP contribution in [0.25, 0.3) is 0 Å². The molecular formula is C17H15ClN4OS. The van der Waals surface area contributed by atoms with E-state index in [2.05, 4.69) is 15.4 Å². The SMILES string of the molecule is CC(=O)Nc1ccccc1Sc1nc(Cl)nn1Cc1ccccc1. The van der Waals surface area contributed by atoms with Crippen LogP contribution in [0.15, 0.2) is 64.6 Å². The number of carbonyl (C=O) groups is 1. The van der Waals surface area contributed by atoms with Crippen LogP contribution in [0.2, 0.25) is 5.28 Å². The Hall–Kier alpha value is -2.31. The molecule has 7 heteroatoms. The topological polar surface area (TPSA) is 59.8 Å². The number of anilines is 1. The number of amides is 1. The van der Waals surface area contributed by atoms with Crippen molar-refractivity contribution in [1.82, 2.24) is 14.8 Å². The maximum absolute atomic E-state index is 11.4. The fraction of sp³-hybridized carbons (Fsp3) is 0.118. The molecule has 0 saturated carbocycles. The van der Waals surface area contributed by atoms with Gasteiger partial charge in [0.1, 0.15) is 0 Å². The number of carbonyl (C=O) groups excluding carboxylic acids is 1. The van der Waals surface area contributed by atoms with Gasteiger partial charge in [0, 0.05) is 11.8 Å². The van der Waals surface area contributed by atoms with Crippen molar-refractivity contribution < 1.29 is 4.79 Å². The predicted molar refractivity (Wildman–Crippen MR) is 95.4 cm³/mol. The van der Waals surface area contributed by atoms with Crippen molar-refractivity contribution >= 4 is 35.0 Å². The van der Waals surface area contributed by atoms with E-state index < -0.39 is 0 Å². The molecule has 0 saturated heterocycles. The van der Waals surface area contributed by atoms with Gasteiger partial charge in [-0.15, -0.1) is 5.10 Å². The minimum absolute atomic E-state index is 0.119. The van der Waals surface area contributed by atoms with E-state index in [0.29, 0.717) is 11.7 Å². The quantitative estimate of drug-likeness (QED) is 0.746. The first-order chi connectivity index (χ1) is 11.6. The molecule has 0 aliphatic heterocycles. The summed E-state index contributed by atoms with van der Waals surface area (Å²) in [4.78, 5) is 16.5. The lowest BCUT2D eigenvalue weighted by Gasteiger charge is -2.10. The molecule has 3 rings (SSSR count). The molecule has 3 aromatic rings. The lowest BCUT2D eigenvalue weighted by Crippen LogP contribution is -2.07. The van der Waals surface area contributed by atoms with Gasteiger partial charge in [0.05, 0.1) is 12.2 Å². The number of benzene rings is 2. The summed E-state index contributed by atoms with van der Waals surface area (Å²) in [5, 5.41) is 7.94. The predicted octanol–water partition coefficient (Wildman–Crippen LogP) is 4.09. The number of halogens is 1. The number of para-hydroxylation sites is 1. The summed E-state index contributed by atoms with van der Waals surface area (Å²) in [5.41, 5.74) is 1.84. The Morgan fingerprint density at radius 1 is 1.17 bits per heavy atom. The number of rotatable bonds is 5. The molecule has 1 N–H and O–H groups in total. The van der Waals surface area contributed by atoms with E-state index in [4.69, 9.17) is 11.6 Å². The molecule has 2 aromatic carbocycles. The average molecular weight is 359 g/mol. The zero-order valence-corrected chi connectivity index (χ0v) is 14.5. The van der Waals surface area contributed by atoms with Gasteiger partial charge in [-0.1, -0.05) is 42.5 Å². The molecule has 0 aliphatic rings. The van der Waals surface area contributed by atoms with Crippen LogP contribution in [0.4, 0.5) is 5.69 Å². The molecule has 0 fully saturated rings. The van der Waals surface area contributed by atoms with E-state index in [0.717, 1.165) is 16.1 Å². The number of nitrogens with one attached hydrogen (secondary N) is 1. The first-order valence-electron chi connectivity index (χ1n) is 7.30. The van der Waals surface area contributed by atoms with Gasteiger partial charge in [-0.2, -0.15) is 4.98 Å². The fourth-order valence-corrected chi connectivity index (χ4v) is 3.32. The standard InChI is InChI=1S/C17H15ClN4OS/c1-12(23)19-14-9-5-6-10-15(14)24-17-20-16(18)21-22(17)11-13-7-3-2-4-8-13/h2-10H,11H2,1H3,(H,19,23). The molecule has 122 valence electrons. The van der Waals surface area contributed by atoms with E-state index in [9.17, 15) is 4.79 Å². The van der Waals surface area contributed by atoms with Gasteiger partial charge in [-0.3, -0.25) is 4.79 Å². The molecular weight excluding hydrogens is 344 g/mol. The summed E-state index contributed by atoms with van der Waals surface area (Å²) >= 11 is 7.41. The highest BCUT2D eigenvalue weighted by atomic mass is 35.5. The van der Waals surface area contributed by atoms with Crippen molar-refractivity contribution in [2.75, 3.05) is 5.32 Å². The monoisotopic (exact) mass is 358 g/mol. The Bertz CT molecular complexity index is 851. The minimum Gasteiger partial charge on any atom is -0.325 e. The summed E-state index contributed by atoms with van der Waals surface area (Å²) in [5.74, 6) is -0.119. The van der Waals surface area contributed by atoms with Crippen LogP contribution in [0.5, 0.6) is 0 Å². The first kappa shape index (κ1) is 16.5. The number of hydrogen-bond acceptors (Lipinski definition) is 4. The molecule has 1 amide bonds. The molecule has 5 nitrogen and oxygen atoms in total. The third-order valence-electron chi connectivity index (χ3n) is 3.19. The van der Waals surface area contributed by atoms with E-state index in [-0.39, 0.29) is 11.2 Å². The van der Waals surface area contributed by atoms with Crippen molar-refractivity contribution in [2.24, 2.45) is 0 Å². The molecule has 0 atom stereocenters. The molecule has 0 aliphatic carbocycles. The van der Waals surface area contributed by atoms with Crippen molar-refractivity contribution in [3.63, 3.8) is 0 Å². The summed E-state index contributed by atoms with van der Waals surface area (Å²) in [6, 6.07) is 17.5. The summed E-state index contributed by atoms with van der Waals surface area (Å²) in [7, 11) is 0. The van der Waals surface area contributed by atoms with Crippen LogP contribution in [0.3, 0.4) is 0 Å². The Balaban J connectivity index is 1.87. The largest absolute Gasteiger partial charge is 0.325 e. The summed E-state index contributed by atoms with van der Waals surface area (Å²) < 4.78 is 1.76. The highest BCUT2D eigenvalue weighted by Gasteiger charge is 2.13. The van der Waals surface area contributed by atoms with Gasteiger partial charge in [0.2, 0.25) is 11.2 Å². The highest BCUT2D eigenvalue weighted by Crippen LogP contribution is 2.33.